The zero-order chi connectivity index (χ0) is 11.8. The van der Waals surface area contributed by atoms with E-state index in [2.05, 4.69) is 31.9 Å². The van der Waals surface area contributed by atoms with Gasteiger partial charge in [0.1, 0.15) is 11.5 Å². The van der Waals surface area contributed by atoms with Gasteiger partial charge >= 0.3 is 0 Å². The second-order valence-corrected chi connectivity index (χ2v) is 5.04. The fourth-order valence-corrected chi connectivity index (χ4v) is 2.03. The molecule has 0 bridgehead atoms. The van der Waals surface area contributed by atoms with Gasteiger partial charge < -0.3 is 9.47 Å². The highest BCUT2D eigenvalue weighted by Gasteiger charge is 2.02. The number of alkyl halides is 1. The molecule has 2 nitrogen and oxygen atoms in total. The Hall–Kier alpha value is -0.220. The van der Waals surface area contributed by atoms with Crippen molar-refractivity contribution in [1.29, 1.82) is 0 Å². The molecule has 1 rings (SSSR count). The molecular formula is C12H16Br2O2. The molecule has 0 aliphatic heterocycles. The van der Waals surface area contributed by atoms with Gasteiger partial charge in [0.05, 0.1) is 18.2 Å². The molecule has 16 heavy (non-hydrogen) atoms. The van der Waals surface area contributed by atoms with Gasteiger partial charge in [0.25, 0.3) is 0 Å². The smallest absolute Gasteiger partial charge is 0.137 e. The van der Waals surface area contributed by atoms with Crippen LogP contribution in [0.5, 0.6) is 11.5 Å². The van der Waals surface area contributed by atoms with E-state index in [0.29, 0.717) is 0 Å². The van der Waals surface area contributed by atoms with Crippen molar-refractivity contribution < 1.29 is 9.47 Å². The number of methoxy groups -OCH3 is 1. The van der Waals surface area contributed by atoms with Crippen LogP contribution in [0.1, 0.15) is 19.3 Å². The number of hydrogen-bond donors (Lipinski definition) is 0. The third kappa shape index (κ3) is 4.74. The van der Waals surface area contributed by atoms with Crippen molar-refractivity contribution in [3.63, 3.8) is 0 Å². The van der Waals surface area contributed by atoms with Crippen LogP contribution in [0, 0.1) is 0 Å². The van der Waals surface area contributed by atoms with Crippen LogP contribution in [0.4, 0.5) is 0 Å². The van der Waals surface area contributed by atoms with Crippen LogP contribution >= 0.6 is 31.9 Å². The highest BCUT2D eigenvalue weighted by Crippen LogP contribution is 2.29. The van der Waals surface area contributed by atoms with Crippen molar-refractivity contribution in [2.75, 3.05) is 19.0 Å². The Morgan fingerprint density at radius 3 is 2.69 bits per heavy atom. The van der Waals surface area contributed by atoms with Crippen LogP contribution in [-0.2, 0) is 0 Å². The minimum absolute atomic E-state index is 0.749. The number of hydrogen-bond acceptors (Lipinski definition) is 2. The summed E-state index contributed by atoms with van der Waals surface area (Å²) in [5, 5.41) is 1.07. The normalized spacial score (nSPS) is 10.2. The lowest BCUT2D eigenvalue weighted by atomic mass is 10.2. The van der Waals surface area contributed by atoms with Crippen molar-refractivity contribution in [3.8, 4) is 11.5 Å². The van der Waals surface area contributed by atoms with Crippen LogP contribution in [0.25, 0.3) is 0 Å². The first-order valence-corrected chi connectivity index (χ1v) is 7.21. The fourth-order valence-electron chi connectivity index (χ4n) is 1.28. The Morgan fingerprint density at radius 2 is 2.00 bits per heavy atom. The Kier molecular flexibility index (Phi) is 6.88. The molecule has 0 radical (unpaired) electrons. The molecule has 0 aliphatic carbocycles. The molecule has 0 N–H and O–H groups in total. The molecule has 90 valence electrons. The third-order valence-corrected chi connectivity index (χ3v) is 3.39. The van der Waals surface area contributed by atoms with E-state index < -0.39 is 0 Å². The minimum Gasteiger partial charge on any atom is -0.497 e. The number of halogens is 2. The van der Waals surface area contributed by atoms with E-state index in [0.717, 1.165) is 34.3 Å². The zero-order valence-corrected chi connectivity index (χ0v) is 12.5. The minimum atomic E-state index is 0.749. The number of benzene rings is 1. The number of ether oxygens (including phenoxy) is 2. The molecule has 0 saturated heterocycles. The summed E-state index contributed by atoms with van der Waals surface area (Å²) in [6.07, 6.45) is 3.46. The van der Waals surface area contributed by atoms with Gasteiger partial charge in [0.15, 0.2) is 0 Å². The number of unbranched alkanes of at least 4 members (excludes halogenated alkanes) is 2. The summed E-state index contributed by atoms with van der Waals surface area (Å²) in [5.41, 5.74) is 0. The molecule has 0 aliphatic rings. The molecule has 0 unspecified atom stereocenters. The van der Waals surface area contributed by atoms with Gasteiger partial charge in [-0.05, 0) is 47.3 Å². The Morgan fingerprint density at radius 1 is 1.19 bits per heavy atom. The number of rotatable bonds is 7. The molecule has 1 aromatic rings. The van der Waals surface area contributed by atoms with E-state index >= 15 is 0 Å². The van der Waals surface area contributed by atoms with Crippen LogP contribution in [0.2, 0.25) is 0 Å². The molecule has 0 spiro atoms. The first-order valence-electron chi connectivity index (χ1n) is 5.30. The first-order chi connectivity index (χ1) is 7.77. The molecular weight excluding hydrogens is 336 g/mol. The molecule has 0 saturated carbocycles. The maximum absolute atomic E-state index is 5.68. The van der Waals surface area contributed by atoms with Gasteiger partial charge in [0, 0.05) is 11.4 Å². The monoisotopic (exact) mass is 350 g/mol. The average molecular weight is 352 g/mol. The average Bonchev–Trinajstić information content (AvgIpc) is 2.31. The summed E-state index contributed by atoms with van der Waals surface area (Å²) in [4.78, 5) is 0. The van der Waals surface area contributed by atoms with Crippen LogP contribution in [0.3, 0.4) is 0 Å². The standard InChI is InChI=1S/C12H16Br2O2/c1-15-10-5-6-11(14)12(9-10)16-8-4-2-3-7-13/h5-6,9H,2-4,7-8H2,1H3. The molecule has 0 atom stereocenters. The van der Waals surface area contributed by atoms with Crippen molar-refractivity contribution in [3.05, 3.63) is 22.7 Å². The quantitative estimate of drug-likeness (QED) is 0.535. The van der Waals surface area contributed by atoms with E-state index in [9.17, 15) is 0 Å². The molecule has 0 fully saturated rings. The molecule has 0 aromatic heterocycles. The maximum atomic E-state index is 5.68. The third-order valence-electron chi connectivity index (χ3n) is 2.17. The molecule has 0 amide bonds. The lowest BCUT2D eigenvalue weighted by molar-refractivity contribution is 0.302. The van der Waals surface area contributed by atoms with Crippen LogP contribution < -0.4 is 9.47 Å². The summed E-state index contributed by atoms with van der Waals surface area (Å²) < 4.78 is 11.8. The molecule has 0 heterocycles. The van der Waals surface area contributed by atoms with Crippen molar-refractivity contribution in [2.45, 2.75) is 19.3 Å². The van der Waals surface area contributed by atoms with Crippen LogP contribution in [-0.4, -0.2) is 19.0 Å². The largest absolute Gasteiger partial charge is 0.497 e. The van der Waals surface area contributed by atoms with Gasteiger partial charge in [-0.25, -0.2) is 0 Å². The Bertz CT molecular complexity index is 316. The lowest BCUT2D eigenvalue weighted by Gasteiger charge is -2.09. The van der Waals surface area contributed by atoms with Crippen molar-refractivity contribution in [1.82, 2.24) is 0 Å². The predicted molar refractivity (Wildman–Crippen MR) is 73.8 cm³/mol. The molecule has 4 heteroatoms. The van der Waals surface area contributed by atoms with Gasteiger partial charge in [-0.2, -0.15) is 0 Å². The second-order valence-electron chi connectivity index (χ2n) is 3.39. The summed E-state index contributed by atoms with van der Waals surface area (Å²) in [7, 11) is 1.66. The Labute approximate surface area is 114 Å². The summed E-state index contributed by atoms with van der Waals surface area (Å²) in [6, 6.07) is 5.74. The Balaban J connectivity index is 2.40. The van der Waals surface area contributed by atoms with Gasteiger partial charge in [0.2, 0.25) is 0 Å². The SMILES string of the molecule is COc1ccc(Br)c(OCCCCCBr)c1. The van der Waals surface area contributed by atoms with E-state index in [1.165, 1.54) is 12.8 Å². The highest BCUT2D eigenvalue weighted by molar-refractivity contribution is 9.10. The summed E-state index contributed by atoms with van der Waals surface area (Å²) in [6.45, 7) is 0.749. The van der Waals surface area contributed by atoms with Crippen LogP contribution in [0.15, 0.2) is 22.7 Å². The lowest BCUT2D eigenvalue weighted by Crippen LogP contribution is -1.98. The van der Waals surface area contributed by atoms with E-state index in [4.69, 9.17) is 9.47 Å². The highest BCUT2D eigenvalue weighted by atomic mass is 79.9. The predicted octanol–water partition coefficient (Wildman–Crippen LogP) is 4.40. The van der Waals surface area contributed by atoms with E-state index in [-0.39, 0.29) is 0 Å². The van der Waals surface area contributed by atoms with E-state index in [1.807, 2.05) is 18.2 Å². The van der Waals surface area contributed by atoms with Crippen molar-refractivity contribution in [2.24, 2.45) is 0 Å². The fraction of sp³-hybridized carbons (Fsp3) is 0.500. The second kappa shape index (κ2) is 7.96. The first kappa shape index (κ1) is 13.8. The van der Waals surface area contributed by atoms with E-state index in [1.54, 1.807) is 7.11 Å². The molecule has 1 aromatic carbocycles. The zero-order valence-electron chi connectivity index (χ0n) is 9.34. The maximum Gasteiger partial charge on any atom is 0.137 e. The topological polar surface area (TPSA) is 18.5 Å². The van der Waals surface area contributed by atoms with Gasteiger partial charge in [-0.1, -0.05) is 15.9 Å². The van der Waals surface area contributed by atoms with Gasteiger partial charge in [-0.15, -0.1) is 0 Å². The summed E-state index contributed by atoms with van der Waals surface area (Å²) >= 11 is 6.87. The van der Waals surface area contributed by atoms with Gasteiger partial charge in [-0.3, -0.25) is 0 Å². The summed E-state index contributed by atoms with van der Waals surface area (Å²) in [5.74, 6) is 1.66. The van der Waals surface area contributed by atoms with Crippen molar-refractivity contribution >= 4 is 31.9 Å².